The number of carbonyl (C=O) groups is 1. The lowest BCUT2D eigenvalue weighted by Gasteiger charge is -2.38. The molecular weight excluding hydrogens is 286 g/mol. The van der Waals surface area contributed by atoms with Crippen molar-refractivity contribution in [1.29, 1.82) is 0 Å². The SMILES string of the molecule is CC1(C)CCCCC1C(=O)NC1CS(=O)(=O)CC1Cl. The van der Waals surface area contributed by atoms with Crippen LogP contribution in [0.4, 0.5) is 0 Å². The molecular formula is C13H22ClNO3S. The van der Waals surface area contributed by atoms with Crippen LogP contribution in [0, 0.1) is 11.3 Å². The summed E-state index contributed by atoms with van der Waals surface area (Å²) < 4.78 is 23.0. The van der Waals surface area contributed by atoms with E-state index >= 15 is 0 Å². The van der Waals surface area contributed by atoms with Gasteiger partial charge in [-0.1, -0.05) is 26.7 Å². The maximum absolute atomic E-state index is 12.4. The first-order chi connectivity index (χ1) is 8.71. The Morgan fingerprint density at radius 3 is 2.47 bits per heavy atom. The van der Waals surface area contributed by atoms with Crippen LogP contribution in [0.25, 0.3) is 0 Å². The van der Waals surface area contributed by atoms with Crippen molar-refractivity contribution in [2.75, 3.05) is 11.5 Å². The Morgan fingerprint density at radius 1 is 1.26 bits per heavy atom. The molecule has 6 heteroatoms. The highest BCUT2D eigenvalue weighted by Gasteiger charge is 2.41. The third-order valence-electron chi connectivity index (χ3n) is 4.43. The van der Waals surface area contributed by atoms with Gasteiger partial charge in [-0.2, -0.15) is 0 Å². The van der Waals surface area contributed by atoms with Crippen LogP contribution in [-0.4, -0.2) is 37.2 Å². The van der Waals surface area contributed by atoms with Crippen LogP contribution in [0.3, 0.4) is 0 Å². The summed E-state index contributed by atoms with van der Waals surface area (Å²) in [5.74, 6) is -0.126. The fourth-order valence-corrected chi connectivity index (χ4v) is 5.75. The molecule has 0 aromatic rings. The minimum Gasteiger partial charge on any atom is -0.351 e. The number of nitrogens with one attached hydrogen (secondary N) is 1. The van der Waals surface area contributed by atoms with Crippen LogP contribution in [0.5, 0.6) is 0 Å². The second-order valence-corrected chi connectivity index (χ2v) is 9.21. The van der Waals surface area contributed by atoms with Gasteiger partial charge >= 0.3 is 0 Å². The monoisotopic (exact) mass is 307 g/mol. The Balaban J connectivity index is 2.01. The number of rotatable bonds is 2. The van der Waals surface area contributed by atoms with E-state index in [2.05, 4.69) is 19.2 Å². The standard InChI is InChI=1S/C13H22ClNO3S/c1-13(2)6-4-3-5-9(13)12(16)15-11-8-19(17,18)7-10(11)14/h9-11H,3-8H2,1-2H3,(H,15,16). The average Bonchev–Trinajstić information content (AvgIpc) is 2.50. The molecule has 0 aromatic heterocycles. The van der Waals surface area contributed by atoms with Crippen molar-refractivity contribution in [3.63, 3.8) is 0 Å². The minimum atomic E-state index is -3.10. The molecule has 1 heterocycles. The largest absolute Gasteiger partial charge is 0.351 e. The predicted molar refractivity (Wildman–Crippen MR) is 76.0 cm³/mol. The van der Waals surface area contributed by atoms with Crippen molar-refractivity contribution in [2.45, 2.75) is 50.9 Å². The molecule has 3 atom stereocenters. The summed E-state index contributed by atoms with van der Waals surface area (Å²) in [6.45, 7) is 4.22. The normalized spacial score (nSPS) is 36.9. The van der Waals surface area contributed by atoms with Crippen molar-refractivity contribution in [2.24, 2.45) is 11.3 Å². The first-order valence-corrected chi connectivity index (χ1v) is 9.12. The third-order valence-corrected chi connectivity index (χ3v) is 6.81. The molecule has 1 aliphatic carbocycles. The first-order valence-electron chi connectivity index (χ1n) is 6.86. The number of sulfone groups is 1. The van der Waals surface area contributed by atoms with Gasteiger partial charge in [0.2, 0.25) is 5.91 Å². The van der Waals surface area contributed by atoms with Gasteiger partial charge in [-0.05, 0) is 18.3 Å². The zero-order valence-corrected chi connectivity index (χ0v) is 13.1. The van der Waals surface area contributed by atoms with Crippen LogP contribution < -0.4 is 5.32 Å². The van der Waals surface area contributed by atoms with E-state index < -0.39 is 21.3 Å². The Labute approximate surface area is 120 Å². The van der Waals surface area contributed by atoms with E-state index in [1.165, 1.54) is 0 Å². The van der Waals surface area contributed by atoms with Crippen LogP contribution in [-0.2, 0) is 14.6 Å². The summed E-state index contributed by atoms with van der Waals surface area (Å²) in [5.41, 5.74) is -0.0123. The molecule has 3 unspecified atom stereocenters. The van der Waals surface area contributed by atoms with Gasteiger partial charge in [-0.3, -0.25) is 4.79 Å². The summed E-state index contributed by atoms with van der Waals surface area (Å²) in [4.78, 5) is 12.4. The van der Waals surface area contributed by atoms with Gasteiger partial charge in [-0.15, -0.1) is 11.6 Å². The van der Waals surface area contributed by atoms with Crippen molar-refractivity contribution in [3.05, 3.63) is 0 Å². The summed E-state index contributed by atoms with van der Waals surface area (Å²) in [7, 11) is -3.10. The molecule has 1 saturated carbocycles. The van der Waals surface area contributed by atoms with Crippen LogP contribution in [0.1, 0.15) is 39.5 Å². The maximum Gasteiger partial charge on any atom is 0.223 e. The van der Waals surface area contributed by atoms with Gasteiger partial charge in [0.25, 0.3) is 0 Å². The average molecular weight is 308 g/mol. The van der Waals surface area contributed by atoms with Crippen molar-refractivity contribution in [1.82, 2.24) is 5.32 Å². The highest BCUT2D eigenvalue weighted by Crippen LogP contribution is 2.40. The highest BCUT2D eigenvalue weighted by molar-refractivity contribution is 7.91. The molecule has 19 heavy (non-hydrogen) atoms. The first kappa shape index (κ1) is 15.1. The van der Waals surface area contributed by atoms with Gasteiger partial charge in [0.1, 0.15) is 0 Å². The Morgan fingerprint density at radius 2 is 1.95 bits per heavy atom. The van der Waals surface area contributed by atoms with Gasteiger partial charge in [0.05, 0.1) is 22.9 Å². The number of carbonyl (C=O) groups excluding carboxylic acids is 1. The molecule has 2 fully saturated rings. The Kier molecular flexibility index (Phi) is 4.17. The molecule has 2 aliphatic rings. The lowest BCUT2D eigenvalue weighted by atomic mass is 9.68. The van der Waals surface area contributed by atoms with Gasteiger partial charge < -0.3 is 5.32 Å². The molecule has 2 rings (SSSR count). The molecule has 1 amide bonds. The minimum absolute atomic E-state index is 0.0123. The van der Waals surface area contributed by atoms with Gasteiger partial charge in [-0.25, -0.2) is 8.42 Å². The van der Waals surface area contributed by atoms with E-state index in [1.54, 1.807) is 0 Å². The second-order valence-electron chi connectivity index (χ2n) is 6.49. The lowest BCUT2D eigenvalue weighted by molar-refractivity contribution is -0.130. The Hall–Kier alpha value is -0.290. The van der Waals surface area contributed by atoms with E-state index in [0.29, 0.717) is 0 Å². The van der Waals surface area contributed by atoms with E-state index in [9.17, 15) is 13.2 Å². The molecule has 0 bridgehead atoms. The molecule has 1 saturated heterocycles. The molecule has 4 nitrogen and oxygen atoms in total. The van der Waals surface area contributed by atoms with Crippen LogP contribution in [0.2, 0.25) is 0 Å². The fraction of sp³-hybridized carbons (Fsp3) is 0.923. The van der Waals surface area contributed by atoms with Crippen molar-refractivity contribution in [3.8, 4) is 0 Å². The van der Waals surface area contributed by atoms with Gasteiger partial charge in [0, 0.05) is 5.92 Å². The van der Waals surface area contributed by atoms with E-state index in [1.807, 2.05) is 0 Å². The van der Waals surface area contributed by atoms with E-state index in [-0.39, 0.29) is 28.7 Å². The molecule has 1 N–H and O–H groups in total. The van der Waals surface area contributed by atoms with Crippen LogP contribution >= 0.6 is 11.6 Å². The summed E-state index contributed by atoms with van der Waals surface area (Å²) in [6.07, 6.45) is 4.14. The Bertz CT molecular complexity index is 461. The lowest BCUT2D eigenvalue weighted by Crippen LogP contribution is -2.47. The molecule has 110 valence electrons. The maximum atomic E-state index is 12.4. The molecule has 1 aliphatic heterocycles. The summed E-state index contributed by atoms with van der Waals surface area (Å²) >= 11 is 6.02. The zero-order valence-electron chi connectivity index (χ0n) is 11.5. The zero-order chi connectivity index (χ0) is 14.3. The number of halogens is 1. The van der Waals surface area contributed by atoms with Gasteiger partial charge in [0.15, 0.2) is 9.84 Å². The summed E-state index contributed by atoms with van der Waals surface area (Å²) in [6, 6.07) is -0.433. The van der Waals surface area contributed by atoms with Crippen molar-refractivity contribution < 1.29 is 13.2 Å². The highest BCUT2D eigenvalue weighted by atomic mass is 35.5. The van der Waals surface area contributed by atoms with Crippen molar-refractivity contribution >= 4 is 27.3 Å². The number of hydrogen-bond acceptors (Lipinski definition) is 3. The number of hydrogen-bond donors (Lipinski definition) is 1. The number of amides is 1. The van der Waals surface area contributed by atoms with E-state index in [4.69, 9.17) is 11.6 Å². The third kappa shape index (κ3) is 3.43. The second kappa shape index (κ2) is 5.24. The summed E-state index contributed by atoms with van der Waals surface area (Å²) in [5, 5.41) is 2.36. The van der Waals surface area contributed by atoms with E-state index in [0.717, 1.165) is 25.7 Å². The topological polar surface area (TPSA) is 63.2 Å². The smallest absolute Gasteiger partial charge is 0.223 e. The van der Waals surface area contributed by atoms with Crippen LogP contribution in [0.15, 0.2) is 0 Å². The molecule has 0 radical (unpaired) electrons. The quantitative estimate of drug-likeness (QED) is 0.790. The fourth-order valence-electron chi connectivity index (χ4n) is 3.20. The predicted octanol–water partition coefficient (Wildman–Crippen LogP) is 1.72. The molecule has 0 aromatic carbocycles. The molecule has 0 spiro atoms. The number of alkyl halides is 1.